The Balaban J connectivity index is 2.73. The molecule has 156 valence electrons. The van der Waals surface area contributed by atoms with Crippen LogP contribution in [0.2, 0.25) is 0 Å². The Morgan fingerprint density at radius 1 is 1.04 bits per heavy atom. The smallest absolute Gasteiger partial charge is 0.410 e. The van der Waals surface area contributed by atoms with E-state index in [-0.39, 0.29) is 31.0 Å². The van der Waals surface area contributed by atoms with Crippen LogP contribution in [-0.4, -0.2) is 64.8 Å². The highest BCUT2D eigenvalue weighted by molar-refractivity contribution is 5.76. The average Bonchev–Trinajstić information content (AvgIpc) is 2.52. The maximum Gasteiger partial charge on any atom is 0.410 e. The van der Waals surface area contributed by atoms with Gasteiger partial charge in [-0.2, -0.15) is 0 Å². The van der Waals surface area contributed by atoms with E-state index >= 15 is 0 Å². The Morgan fingerprint density at radius 2 is 1.56 bits per heavy atom. The fourth-order valence-corrected chi connectivity index (χ4v) is 2.72. The lowest BCUT2D eigenvalue weighted by molar-refractivity contribution is -0.121. The SMILES string of the molecule is CC(C)(C)OC(=O)N1CCC(N(CCC(=O)NN)C(=O)OC(C)(C)C)CC1. The molecule has 0 aromatic rings. The zero-order chi connectivity index (χ0) is 20.8. The van der Waals surface area contributed by atoms with Gasteiger partial charge in [0.1, 0.15) is 11.2 Å². The molecule has 9 nitrogen and oxygen atoms in total. The third kappa shape index (κ3) is 8.47. The summed E-state index contributed by atoms with van der Waals surface area (Å²) in [6.07, 6.45) is 0.434. The molecule has 0 radical (unpaired) electrons. The minimum atomic E-state index is -0.636. The molecule has 0 aliphatic carbocycles. The normalized spacial score (nSPS) is 15.9. The van der Waals surface area contributed by atoms with Gasteiger partial charge in [0.25, 0.3) is 0 Å². The van der Waals surface area contributed by atoms with Crippen molar-refractivity contribution in [2.45, 2.75) is 78.0 Å². The van der Waals surface area contributed by atoms with E-state index in [2.05, 4.69) is 5.43 Å². The van der Waals surface area contributed by atoms with E-state index in [0.29, 0.717) is 25.9 Å². The van der Waals surface area contributed by atoms with E-state index in [1.54, 1.807) is 30.6 Å². The van der Waals surface area contributed by atoms with Gasteiger partial charge in [-0.25, -0.2) is 15.4 Å². The number of nitrogens with one attached hydrogen (secondary N) is 1. The molecule has 0 unspecified atom stereocenters. The van der Waals surface area contributed by atoms with Gasteiger partial charge in [0, 0.05) is 32.1 Å². The summed E-state index contributed by atoms with van der Waals surface area (Å²) in [6, 6.07) is -0.121. The molecule has 3 amide bonds. The molecule has 1 heterocycles. The van der Waals surface area contributed by atoms with Gasteiger partial charge >= 0.3 is 12.2 Å². The molecular weight excluding hydrogens is 352 g/mol. The van der Waals surface area contributed by atoms with Gasteiger partial charge in [-0.1, -0.05) is 0 Å². The van der Waals surface area contributed by atoms with Crippen molar-refractivity contribution in [1.29, 1.82) is 0 Å². The minimum Gasteiger partial charge on any atom is -0.444 e. The Kier molecular flexibility index (Phi) is 7.89. The Morgan fingerprint density at radius 3 is 2.00 bits per heavy atom. The van der Waals surface area contributed by atoms with Gasteiger partial charge in [-0.05, 0) is 54.4 Å². The molecule has 3 N–H and O–H groups in total. The topological polar surface area (TPSA) is 114 Å². The first-order chi connectivity index (χ1) is 12.3. The molecule has 0 aromatic carbocycles. The van der Waals surface area contributed by atoms with Gasteiger partial charge in [0.2, 0.25) is 5.91 Å². The summed E-state index contributed by atoms with van der Waals surface area (Å²) in [6.45, 7) is 12.0. The number of carbonyl (C=O) groups is 3. The highest BCUT2D eigenvalue weighted by atomic mass is 16.6. The van der Waals surface area contributed by atoms with Gasteiger partial charge in [0.05, 0.1) is 0 Å². The monoisotopic (exact) mass is 386 g/mol. The van der Waals surface area contributed by atoms with Crippen LogP contribution in [0.25, 0.3) is 0 Å². The first-order valence-electron chi connectivity index (χ1n) is 9.29. The molecule has 1 fully saturated rings. The van der Waals surface area contributed by atoms with Crippen molar-refractivity contribution in [3.8, 4) is 0 Å². The van der Waals surface area contributed by atoms with Crippen LogP contribution in [0.3, 0.4) is 0 Å². The third-order valence-electron chi connectivity index (χ3n) is 3.93. The maximum atomic E-state index is 12.6. The van der Waals surface area contributed by atoms with Crippen LogP contribution in [0.4, 0.5) is 9.59 Å². The van der Waals surface area contributed by atoms with Crippen molar-refractivity contribution >= 4 is 18.1 Å². The van der Waals surface area contributed by atoms with E-state index in [4.69, 9.17) is 15.3 Å². The summed E-state index contributed by atoms with van der Waals surface area (Å²) in [5, 5.41) is 0. The van der Waals surface area contributed by atoms with E-state index in [1.807, 2.05) is 20.8 Å². The minimum absolute atomic E-state index is 0.0853. The predicted molar refractivity (Wildman–Crippen MR) is 101 cm³/mol. The first-order valence-corrected chi connectivity index (χ1v) is 9.29. The molecule has 0 bridgehead atoms. The van der Waals surface area contributed by atoms with Gasteiger partial charge in [-0.3, -0.25) is 10.2 Å². The largest absolute Gasteiger partial charge is 0.444 e. The highest BCUT2D eigenvalue weighted by Crippen LogP contribution is 2.21. The number of nitrogens with two attached hydrogens (primary N) is 1. The number of rotatable bonds is 4. The zero-order valence-electron chi connectivity index (χ0n) is 17.3. The standard InChI is InChI=1S/C18H34N4O5/c1-17(2,3)26-15(24)21-10-7-13(8-11-21)22(12-9-14(23)20-19)16(25)27-18(4,5)6/h13H,7-12,19H2,1-6H3,(H,20,23). The Hall–Kier alpha value is -2.03. The van der Waals surface area contributed by atoms with Gasteiger partial charge < -0.3 is 19.3 Å². The molecule has 0 atom stereocenters. The van der Waals surface area contributed by atoms with Crippen LogP contribution in [0.15, 0.2) is 0 Å². The summed E-state index contributed by atoms with van der Waals surface area (Å²) in [5.74, 6) is 4.77. The summed E-state index contributed by atoms with van der Waals surface area (Å²) >= 11 is 0. The number of ether oxygens (including phenoxy) is 2. The second-order valence-electron chi connectivity index (χ2n) is 8.69. The molecule has 0 aromatic heterocycles. The molecule has 9 heteroatoms. The highest BCUT2D eigenvalue weighted by Gasteiger charge is 2.33. The molecule has 1 rings (SSSR count). The van der Waals surface area contributed by atoms with E-state index in [1.165, 1.54) is 0 Å². The van der Waals surface area contributed by atoms with Crippen LogP contribution in [0.5, 0.6) is 0 Å². The van der Waals surface area contributed by atoms with Crippen molar-refractivity contribution in [3.63, 3.8) is 0 Å². The number of nitrogens with zero attached hydrogens (tertiary/aromatic N) is 2. The fourth-order valence-electron chi connectivity index (χ4n) is 2.72. The third-order valence-corrected chi connectivity index (χ3v) is 3.93. The number of amides is 3. The molecular formula is C18H34N4O5. The maximum absolute atomic E-state index is 12.6. The van der Waals surface area contributed by atoms with Crippen LogP contribution >= 0.6 is 0 Å². The number of hydrogen-bond acceptors (Lipinski definition) is 6. The second-order valence-corrected chi connectivity index (χ2v) is 8.69. The fraction of sp³-hybridized carbons (Fsp3) is 0.833. The van der Waals surface area contributed by atoms with Crippen LogP contribution in [0.1, 0.15) is 60.8 Å². The van der Waals surface area contributed by atoms with Crippen molar-refractivity contribution < 1.29 is 23.9 Å². The Bertz CT molecular complexity index is 531. The summed E-state index contributed by atoms with van der Waals surface area (Å²) in [5.41, 5.74) is 0.881. The van der Waals surface area contributed by atoms with Crippen molar-refractivity contribution in [2.24, 2.45) is 5.84 Å². The van der Waals surface area contributed by atoms with Crippen LogP contribution in [0, 0.1) is 0 Å². The van der Waals surface area contributed by atoms with Crippen LogP contribution < -0.4 is 11.3 Å². The zero-order valence-corrected chi connectivity index (χ0v) is 17.3. The quantitative estimate of drug-likeness (QED) is 0.434. The van der Waals surface area contributed by atoms with E-state index < -0.39 is 17.3 Å². The molecule has 1 saturated heterocycles. The average molecular weight is 386 g/mol. The number of piperidine rings is 1. The lowest BCUT2D eigenvalue weighted by Gasteiger charge is -2.39. The lowest BCUT2D eigenvalue weighted by Crippen LogP contribution is -2.51. The summed E-state index contributed by atoms with van der Waals surface area (Å²) in [4.78, 5) is 39.5. The molecule has 1 aliphatic heterocycles. The second kappa shape index (κ2) is 9.25. The lowest BCUT2D eigenvalue weighted by atomic mass is 10.0. The van der Waals surface area contributed by atoms with Crippen molar-refractivity contribution in [1.82, 2.24) is 15.2 Å². The Labute approximate surface area is 161 Å². The first kappa shape index (κ1) is 23.0. The van der Waals surface area contributed by atoms with E-state index in [9.17, 15) is 14.4 Å². The number of carbonyl (C=O) groups excluding carboxylic acids is 3. The number of likely N-dealkylation sites (tertiary alicyclic amines) is 1. The number of hydrogen-bond donors (Lipinski definition) is 2. The molecule has 27 heavy (non-hydrogen) atoms. The molecule has 0 saturated carbocycles. The summed E-state index contributed by atoms with van der Waals surface area (Å²) < 4.78 is 10.9. The molecule has 1 aliphatic rings. The number of hydrazine groups is 1. The van der Waals surface area contributed by atoms with E-state index in [0.717, 1.165) is 0 Å². The van der Waals surface area contributed by atoms with Crippen LogP contribution in [-0.2, 0) is 14.3 Å². The van der Waals surface area contributed by atoms with Gasteiger partial charge in [0.15, 0.2) is 0 Å². The van der Waals surface area contributed by atoms with Gasteiger partial charge in [-0.15, -0.1) is 0 Å². The molecule has 0 spiro atoms. The summed E-state index contributed by atoms with van der Waals surface area (Å²) in [7, 11) is 0. The predicted octanol–water partition coefficient (Wildman–Crippen LogP) is 2.00. The van der Waals surface area contributed by atoms with Crippen molar-refractivity contribution in [2.75, 3.05) is 19.6 Å². The van der Waals surface area contributed by atoms with Crippen molar-refractivity contribution in [3.05, 3.63) is 0 Å².